The number of nitrogens with one attached hydrogen (secondary N) is 1. The summed E-state index contributed by atoms with van der Waals surface area (Å²) in [6.45, 7) is 6.78. The molecule has 2 nitrogen and oxygen atoms in total. The molecule has 0 bridgehead atoms. The van der Waals surface area contributed by atoms with Gasteiger partial charge in [-0.1, -0.05) is 13.8 Å². The highest BCUT2D eigenvalue weighted by molar-refractivity contribution is 5.24. The number of fused-ring (bicyclic) bond motifs is 1. The highest BCUT2D eigenvalue weighted by Crippen LogP contribution is 2.31. The van der Waals surface area contributed by atoms with Crippen molar-refractivity contribution >= 4 is 0 Å². The lowest BCUT2D eigenvalue weighted by molar-refractivity contribution is 0.339. The van der Waals surface area contributed by atoms with Gasteiger partial charge in [-0.15, -0.1) is 0 Å². The van der Waals surface area contributed by atoms with Gasteiger partial charge < -0.3 is 9.73 Å². The molecule has 2 atom stereocenters. The Morgan fingerprint density at radius 3 is 2.93 bits per heavy atom. The van der Waals surface area contributed by atoms with E-state index in [1.807, 2.05) is 6.26 Å². The molecule has 0 saturated heterocycles. The lowest BCUT2D eigenvalue weighted by atomic mass is 9.92. The summed E-state index contributed by atoms with van der Waals surface area (Å²) in [6.07, 6.45) is 5.41. The number of rotatable bonds is 3. The Kier molecular flexibility index (Phi) is 3.15. The Hall–Kier alpha value is -0.760. The number of hydrogen-bond donors (Lipinski definition) is 1. The van der Waals surface area contributed by atoms with Crippen LogP contribution < -0.4 is 5.32 Å². The summed E-state index contributed by atoms with van der Waals surface area (Å²) in [4.78, 5) is 0. The van der Waals surface area contributed by atoms with Gasteiger partial charge in [-0.25, -0.2) is 0 Å². The Balaban J connectivity index is 2.06. The summed E-state index contributed by atoms with van der Waals surface area (Å²) < 4.78 is 5.49. The SMILES string of the molecule is CC(C)C(C)NC1CCCc2occc21. The molecule has 15 heavy (non-hydrogen) atoms. The maximum absolute atomic E-state index is 5.49. The van der Waals surface area contributed by atoms with E-state index in [0.717, 1.165) is 6.42 Å². The van der Waals surface area contributed by atoms with Crippen molar-refractivity contribution in [1.29, 1.82) is 0 Å². The Morgan fingerprint density at radius 2 is 2.20 bits per heavy atom. The van der Waals surface area contributed by atoms with Gasteiger partial charge in [-0.3, -0.25) is 0 Å². The fourth-order valence-corrected chi connectivity index (χ4v) is 2.17. The summed E-state index contributed by atoms with van der Waals surface area (Å²) in [5.41, 5.74) is 1.38. The quantitative estimate of drug-likeness (QED) is 0.822. The molecule has 0 aromatic carbocycles. The average molecular weight is 207 g/mol. The second-order valence-corrected chi connectivity index (χ2v) is 4.94. The van der Waals surface area contributed by atoms with Crippen LogP contribution in [0.2, 0.25) is 0 Å². The van der Waals surface area contributed by atoms with Gasteiger partial charge in [-0.05, 0) is 31.7 Å². The van der Waals surface area contributed by atoms with E-state index < -0.39 is 0 Å². The number of furan rings is 1. The van der Waals surface area contributed by atoms with E-state index in [2.05, 4.69) is 32.2 Å². The van der Waals surface area contributed by atoms with E-state index in [4.69, 9.17) is 4.42 Å². The van der Waals surface area contributed by atoms with Crippen molar-refractivity contribution in [3.8, 4) is 0 Å². The largest absolute Gasteiger partial charge is 0.469 e. The highest BCUT2D eigenvalue weighted by atomic mass is 16.3. The molecule has 1 aliphatic carbocycles. The minimum absolute atomic E-state index is 0.505. The molecule has 2 heteroatoms. The predicted octanol–water partition coefficient (Wildman–Crippen LogP) is 3.29. The third kappa shape index (κ3) is 2.25. The van der Waals surface area contributed by atoms with Crippen LogP contribution >= 0.6 is 0 Å². The van der Waals surface area contributed by atoms with E-state index in [1.54, 1.807) is 0 Å². The molecule has 0 fully saturated rings. The van der Waals surface area contributed by atoms with Gasteiger partial charge >= 0.3 is 0 Å². The van der Waals surface area contributed by atoms with Gasteiger partial charge in [0.15, 0.2) is 0 Å². The standard InChI is InChI=1S/C13H21NO/c1-9(2)10(3)14-12-5-4-6-13-11(12)7-8-15-13/h7-10,12,14H,4-6H2,1-3H3. The Bertz CT molecular complexity index is 316. The highest BCUT2D eigenvalue weighted by Gasteiger charge is 2.24. The van der Waals surface area contributed by atoms with E-state index in [1.165, 1.54) is 24.2 Å². The van der Waals surface area contributed by atoms with Gasteiger partial charge in [0.2, 0.25) is 0 Å². The zero-order valence-electron chi connectivity index (χ0n) is 9.92. The molecule has 1 N–H and O–H groups in total. The normalized spacial score (nSPS) is 22.8. The number of hydrogen-bond acceptors (Lipinski definition) is 2. The fourth-order valence-electron chi connectivity index (χ4n) is 2.17. The molecule has 84 valence electrons. The molecule has 1 aromatic heterocycles. The van der Waals surface area contributed by atoms with Crippen LogP contribution in [0.1, 0.15) is 51.0 Å². The second kappa shape index (κ2) is 4.40. The first-order valence-electron chi connectivity index (χ1n) is 6.01. The zero-order chi connectivity index (χ0) is 10.8. The molecule has 0 saturated carbocycles. The van der Waals surface area contributed by atoms with Crippen molar-refractivity contribution in [1.82, 2.24) is 5.32 Å². The molecule has 2 rings (SSSR count). The molecule has 0 radical (unpaired) electrons. The number of aryl methyl sites for hydroxylation is 1. The van der Waals surface area contributed by atoms with Crippen molar-refractivity contribution in [2.75, 3.05) is 0 Å². The monoisotopic (exact) mass is 207 g/mol. The molecule has 0 spiro atoms. The maximum atomic E-state index is 5.49. The molecular formula is C13H21NO. The molecule has 1 heterocycles. The third-order valence-corrected chi connectivity index (χ3v) is 3.52. The molecule has 0 amide bonds. The van der Waals surface area contributed by atoms with Gasteiger partial charge in [0.05, 0.1) is 6.26 Å². The van der Waals surface area contributed by atoms with Crippen molar-refractivity contribution < 1.29 is 4.42 Å². The maximum Gasteiger partial charge on any atom is 0.108 e. The molecular weight excluding hydrogens is 186 g/mol. The van der Waals surface area contributed by atoms with Crippen LogP contribution in [-0.2, 0) is 6.42 Å². The smallest absolute Gasteiger partial charge is 0.108 e. The van der Waals surface area contributed by atoms with Gasteiger partial charge in [0.25, 0.3) is 0 Å². The van der Waals surface area contributed by atoms with Gasteiger partial charge in [0, 0.05) is 24.1 Å². The van der Waals surface area contributed by atoms with E-state index in [0.29, 0.717) is 18.0 Å². The second-order valence-electron chi connectivity index (χ2n) is 4.94. The summed E-state index contributed by atoms with van der Waals surface area (Å²) in [7, 11) is 0. The van der Waals surface area contributed by atoms with Crippen molar-refractivity contribution in [2.24, 2.45) is 5.92 Å². The summed E-state index contributed by atoms with van der Waals surface area (Å²) in [6, 6.07) is 3.19. The van der Waals surface area contributed by atoms with Crippen LogP contribution in [0, 0.1) is 5.92 Å². The van der Waals surface area contributed by atoms with Gasteiger partial charge in [-0.2, -0.15) is 0 Å². The molecule has 1 aromatic rings. The van der Waals surface area contributed by atoms with Crippen molar-refractivity contribution in [3.63, 3.8) is 0 Å². The molecule has 0 aliphatic heterocycles. The van der Waals surface area contributed by atoms with E-state index in [-0.39, 0.29) is 0 Å². The van der Waals surface area contributed by atoms with Crippen LogP contribution in [0.15, 0.2) is 16.7 Å². The Labute approximate surface area is 92.1 Å². The van der Waals surface area contributed by atoms with Crippen LogP contribution in [0.5, 0.6) is 0 Å². The average Bonchev–Trinajstić information content (AvgIpc) is 2.66. The zero-order valence-corrected chi connectivity index (χ0v) is 9.92. The predicted molar refractivity (Wildman–Crippen MR) is 61.8 cm³/mol. The van der Waals surface area contributed by atoms with Crippen LogP contribution in [-0.4, -0.2) is 6.04 Å². The minimum atomic E-state index is 0.505. The lowest BCUT2D eigenvalue weighted by Gasteiger charge is -2.28. The summed E-state index contributed by atoms with van der Waals surface area (Å²) in [5, 5.41) is 3.70. The van der Waals surface area contributed by atoms with Crippen LogP contribution in [0.3, 0.4) is 0 Å². The minimum Gasteiger partial charge on any atom is -0.469 e. The van der Waals surface area contributed by atoms with Crippen LogP contribution in [0.4, 0.5) is 0 Å². The summed E-state index contributed by atoms with van der Waals surface area (Å²) in [5.74, 6) is 1.87. The topological polar surface area (TPSA) is 25.2 Å². The first-order chi connectivity index (χ1) is 7.18. The van der Waals surface area contributed by atoms with Crippen molar-refractivity contribution in [3.05, 3.63) is 23.7 Å². The summed E-state index contributed by atoms with van der Waals surface area (Å²) >= 11 is 0. The van der Waals surface area contributed by atoms with E-state index in [9.17, 15) is 0 Å². The first kappa shape index (κ1) is 10.7. The molecule has 2 unspecified atom stereocenters. The molecule has 1 aliphatic rings. The van der Waals surface area contributed by atoms with Crippen molar-refractivity contribution in [2.45, 2.75) is 52.1 Å². The Morgan fingerprint density at radius 1 is 1.40 bits per heavy atom. The fraction of sp³-hybridized carbons (Fsp3) is 0.692. The van der Waals surface area contributed by atoms with Crippen LogP contribution in [0.25, 0.3) is 0 Å². The third-order valence-electron chi connectivity index (χ3n) is 3.52. The first-order valence-corrected chi connectivity index (χ1v) is 6.01. The van der Waals surface area contributed by atoms with Gasteiger partial charge in [0.1, 0.15) is 5.76 Å². The lowest BCUT2D eigenvalue weighted by Crippen LogP contribution is -2.35. The van der Waals surface area contributed by atoms with E-state index >= 15 is 0 Å².